The zero-order valence-electron chi connectivity index (χ0n) is 14.9. The largest absolute Gasteiger partial charge is 0.416 e. The summed E-state index contributed by atoms with van der Waals surface area (Å²) in [4.78, 5) is 12.2. The van der Waals surface area contributed by atoms with Gasteiger partial charge in [-0.05, 0) is 55.9 Å². The average molecular weight is 381 g/mol. The molecule has 1 atom stereocenters. The third kappa shape index (κ3) is 4.68. The molecule has 3 rings (SSSR count). The van der Waals surface area contributed by atoms with Gasteiger partial charge in [-0.1, -0.05) is 12.1 Å². The lowest BCUT2D eigenvalue weighted by molar-refractivity contribution is -0.137. The number of alkyl halides is 3. The van der Waals surface area contributed by atoms with Crippen LogP contribution in [0.3, 0.4) is 0 Å². The van der Waals surface area contributed by atoms with Gasteiger partial charge >= 0.3 is 6.18 Å². The number of carbonyl (C=O) groups excluding carboxylic acids is 1. The molecule has 1 saturated carbocycles. The Bertz CT molecular complexity index is 778. The van der Waals surface area contributed by atoms with Crippen LogP contribution in [0, 0.1) is 6.92 Å². The van der Waals surface area contributed by atoms with E-state index in [2.05, 4.69) is 10.4 Å². The number of aryl methyl sites for hydroxylation is 1. The van der Waals surface area contributed by atoms with Crippen LogP contribution in [0.15, 0.2) is 36.7 Å². The molecule has 0 saturated heterocycles. The molecule has 1 heterocycles. The lowest BCUT2D eigenvalue weighted by Gasteiger charge is -2.30. The second kappa shape index (κ2) is 7.72. The van der Waals surface area contributed by atoms with Gasteiger partial charge in [0, 0.05) is 12.2 Å². The van der Waals surface area contributed by atoms with E-state index in [0.717, 1.165) is 55.5 Å². The van der Waals surface area contributed by atoms with Crippen molar-refractivity contribution >= 4 is 5.91 Å². The van der Waals surface area contributed by atoms with E-state index < -0.39 is 23.8 Å². The Balaban J connectivity index is 1.53. The Kier molecular flexibility index (Phi) is 5.55. The molecule has 0 bridgehead atoms. The zero-order valence-corrected chi connectivity index (χ0v) is 14.9. The number of nitrogens with one attached hydrogen (secondary N) is 1. The number of amides is 1. The first-order valence-corrected chi connectivity index (χ1v) is 8.90. The molecule has 5 nitrogen and oxygen atoms in total. The quantitative estimate of drug-likeness (QED) is 0.851. The first-order valence-electron chi connectivity index (χ1n) is 8.90. The van der Waals surface area contributed by atoms with Crippen LogP contribution in [-0.4, -0.2) is 26.8 Å². The standard InChI is InChI=1S/C19H22F3N3O2/c1-12-10-23-25(11-12)16-8-6-15(7-9-16)24-18(27)17(26)13-2-4-14(5-3-13)19(20,21)22/h2-5,10-11,15-17,26H,6-9H2,1H3,(H,24,27). The van der Waals surface area contributed by atoms with Gasteiger partial charge < -0.3 is 10.4 Å². The number of rotatable bonds is 4. The number of halogens is 3. The highest BCUT2D eigenvalue weighted by atomic mass is 19.4. The molecule has 1 amide bonds. The minimum Gasteiger partial charge on any atom is -0.378 e. The lowest BCUT2D eigenvalue weighted by atomic mass is 9.91. The summed E-state index contributed by atoms with van der Waals surface area (Å²) in [6, 6.07) is 4.22. The second-order valence-electron chi connectivity index (χ2n) is 7.03. The average Bonchev–Trinajstić information content (AvgIpc) is 3.07. The summed E-state index contributed by atoms with van der Waals surface area (Å²) in [6.07, 6.45) is 1.12. The Morgan fingerprint density at radius 1 is 1.22 bits per heavy atom. The molecule has 27 heavy (non-hydrogen) atoms. The fraction of sp³-hybridized carbons (Fsp3) is 0.474. The van der Waals surface area contributed by atoms with Crippen LogP contribution >= 0.6 is 0 Å². The van der Waals surface area contributed by atoms with Crippen LogP contribution in [0.1, 0.15) is 54.5 Å². The molecule has 1 aromatic carbocycles. The van der Waals surface area contributed by atoms with Crippen LogP contribution in [-0.2, 0) is 11.0 Å². The second-order valence-corrected chi connectivity index (χ2v) is 7.03. The Hall–Kier alpha value is -2.35. The third-order valence-electron chi connectivity index (χ3n) is 4.95. The first-order chi connectivity index (χ1) is 12.7. The third-order valence-corrected chi connectivity index (χ3v) is 4.95. The number of benzene rings is 1. The van der Waals surface area contributed by atoms with E-state index in [1.54, 1.807) is 0 Å². The molecular weight excluding hydrogens is 359 g/mol. The first kappa shape index (κ1) is 19.4. The van der Waals surface area contributed by atoms with E-state index in [9.17, 15) is 23.1 Å². The van der Waals surface area contributed by atoms with E-state index >= 15 is 0 Å². The fourth-order valence-corrected chi connectivity index (χ4v) is 3.40. The molecule has 1 aliphatic carbocycles. The number of aliphatic hydroxyl groups is 1. The number of aromatic nitrogens is 2. The van der Waals surface area contributed by atoms with Gasteiger partial charge in [-0.15, -0.1) is 0 Å². The summed E-state index contributed by atoms with van der Waals surface area (Å²) in [7, 11) is 0. The van der Waals surface area contributed by atoms with Crippen LogP contribution < -0.4 is 5.32 Å². The van der Waals surface area contributed by atoms with Crippen LogP contribution in [0.5, 0.6) is 0 Å². The maximum Gasteiger partial charge on any atom is 0.416 e. The van der Waals surface area contributed by atoms with E-state index in [-0.39, 0.29) is 11.6 Å². The normalized spacial score (nSPS) is 21.7. The molecule has 1 aromatic heterocycles. The van der Waals surface area contributed by atoms with Gasteiger partial charge in [0.1, 0.15) is 0 Å². The van der Waals surface area contributed by atoms with Crippen molar-refractivity contribution in [1.82, 2.24) is 15.1 Å². The monoisotopic (exact) mass is 381 g/mol. The topological polar surface area (TPSA) is 67.2 Å². The molecule has 2 aromatic rings. The van der Waals surface area contributed by atoms with Gasteiger partial charge in [-0.3, -0.25) is 9.48 Å². The summed E-state index contributed by atoms with van der Waals surface area (Å²) in [5.74, 6) is -0.590. The van der Waals surface area contributed by atoms with E-state index in [1.165, 1.54) is 0 Å². The number of hydrogen-bond acceptors (Lipinski definition) is 3. The van der Waals surface area contributed by atoms with Crippen molar-refractivity contribution in [1.29, 1.82) is 0 Å². The van der Waals surface area contributed by atoms with Crippen molar-refractivity contribution in [2.75, 3.05) is 0 Å². The van der Waals surface area contributed by atoms with Crippen molar-refractivity contribution in [3.8, 4) is 0 Å². The molecule has 1 unspecified atom stereocenters. The summed E-state index contributed by atoms with van der Waals surface area (Å²) < 4.78 is 39.7. The van der Waals surface area contributed by atoms with Crippen LogP contribution in [0.25, 0.3) is 0 Å². The zero-order chi connectivity index (χ0) is 19.6. The van der Waals surface area contributed by atoms with Crippen molar-refractivity contribution in [2.24, 2.45) is 0 Å². The molecule has 1 aliphatic rings. The summed E-state index contributed by atoms with van der Waals surface area (Å²) in [6.45, 7) is 1.98. The number of aliphatic hydroxyl groups excluding tert-OH is 1. The van der Waals surface area contributed by atoms with E-state index in [0.29, 0.717) is 6.04 Å². The number of nitrogens with zero attached hydrogens (tertiary/aromatic N) is 2. The molecule has 8 heteroatoms. The number of carbonyl (C=O) groups is 1. The van der Waals surface area contributed by atoms with Crippen molar-refractivity contribution in [3.63, 3.8) is 0 Å². The minimum atomic E-state index is -4.45. The highest BCUT2D eigenvalue weighted by Gasteiger charge is 2.31. The fourth-order valence-electron chi connectivity index (χ4n) is 3.40. The maximum absolute atomic E-state index is 12.6. The van der Waals surface area contributed by atoms with Crippen molar-refractivity contribution in [3.05, 3.63) is 53.3 Å². The molecule has 2 N–H and O–H groups in total. The highest BCUT2D eigenvalue weighted by molar-refractivity contribution is 5.82. The molecule has 0 spiro atoms. The SMILES string of the molecule is Cc1cnn(C2CCC(NC(=O)C(O)c3ccc(C(F)(F)F)cc3)CC2)c1. The van der Waals surface area contributed by atoms with Crippen LogP contribution in [0.4, 0.5) is 13.2 Å². The van der Waals surface area contributed by atoms with Gasteiger partial charge in [-0.2, -0.15) is 18.3 Å². The predicted octanol–water partition coefficient (Wildman–Crippen LogP) is 3.54. The van der Waals surface area contributed by atoms with Gasteiger partial charge in [-0.25, -0.2) is 0 Å². The van der Waals surface area contributed by atoms with Gasteiger partial charge in [0.25, 0.3) is 5.91 Å². The molecule has 0 aliphatic heterocycles. The highest BCUT2D eigenvalue weighted by Crippen LogP contribution is 2.31. The molecule has 1 fully saturated rings. The summed E-state index contributed by atoms with van der Waals surface area (Å²) in [5.41, 5.74) is 0.428. The number of hydrogen-bond donors (Lipinski definition) is 2. The Labute approximate surface area is 155 Å². The molecular formula is C19H22F3N3O2. The minimum absolute atomic E-state index is 0.0606. The smallest absolute Gasteiger partial charge is 0.378 e. The summed E-state index contributed by atoms with van der Waals surface area (Å²) in [5, 5.41) is 17.3. The van der Waals surface area contributed by atoms with Gasteiger partial charge in [0.2, 0.25) is 0 Å². The van der Waals surface area contributed by atoms with E-state index in [4.69, 9.17) is 0 Å². The molecule has 0 radical (unpaired) electrons. The van der Waals surface area contributed by atoms with Crippen molar-refractivity contribution in [2.45, 2.75) is 57.0 Å². The Morgan fingerprint density at radius 2 is 1.85 bits per heavy atom. The van der Waals surface area contributed by atoms with Gasteiger partial charge in [0.05, 0.1) is 17.8 Å². The van der Waals surface area contributed by atoms with Gasteiger partial charge in [0.15, 0.2) is 6.10 Å². The van der Waals surface area contributed by atoms with Crippen LogP contribution in [0.2, 0.25) is 0 Å². The van der Waals surface area contributed by atoms with Crippen molar-refractivity contribution < 1.29 is 23.1 Å². The lowest BCUT2D eigenvalue weighted by Crippen LogP contribution is -2.40. The maximum atomic E-state index is 12.6. The van der Waals surface area contributed by atoms with E-state index in [1.807, 2.05) is 24.0 Å². The predicted molar refractivity (Wildman–Crippen MR) is 92.8 cm³/mol. The summed E-state index contributed by atoms with van der Waals surface area (Å²) >= 11 is 0. The molecule has 146 valence electrons. The Morgan fingerprint density at radius 3 is 2.37 bits per heavy atom.